The highest BCUT2D eigenvalue weighted by molar-refractivity contribution is 5.69. The molecule has 0 aliphatic heterocycles. The van der Waals surface area contributed by atoms with Gasteiger partial charge in [0.15, 0.2) is 30.7 Å². The largest absolute Gasteiger partial charge is 0.462 e. The topological polar surface area (TPSA) is 150 Å². The Bertz CT molecular complexity index is 1120. The van der Waals surface area contributed by atoms with E-state index in [2.05, 4.69) is 0 Å². The molecule has 4 atom stereocenters. The molecule has 0 unspecified atom stereocenters. The molecule has 2 rings (SSSR count). The van der Waals surface area contributed by atoms with Crippen LogP contribution in [-0.4, -0.2) is 67.2 Å². The minimum atomic E-state index is -1.65. The smallest absolute Gasteiger partial charge is 0.303 e. The molecule has 12 heteroatoms. The maximum absolute atomic E-state index is 12.4. The van der Waals surface area contributed by atoms with Crippen molar-refractivity contribution in [3.8, 4) is 0 Å². The van der Waals surface area contributed by atoms with Crippen molar-refractivity contribution in [2.45, 2.75) is 78.5 Å². The van der Waals surface area contributed by atoms with Gasteiger partial charge in [0.05, 0.1) is 13.2 Å². The number of esters is 5. The number of rotatable bonds is 16. The van der Waals surface area contributed by atoms with Gasteiger partial charge in [0.2, 0.25) is 0 Å². The fraction of sp³-hybridized carbons (Fsp3) is 0.433. The quantitative estimate of drug-likeness (QED) is 0.161. The van der Waals surface area contributed by atoms with Gasteiger partial charge in [0.25, 0.3) is 0 Å². The molecule has 0 amide bonds. The predicted octanol–water partition coefficient (Wildman–Crippen LogP) is 3.04. The lowest BCUT2D eigenvalue weighted by Crippen LogP contribution is -2.57. The van der Waals surface area contributed by atoms with Gasteiger partial charge in [0.1, 0.15) is 6.61 Å². The zero-order chi connectivity index (χ0) is 31.1. The summed E-state index contributed by atoms with van der Waals surface area (Å²) >= 11 is 0. The highest BCUT2D eigenvalue weighted by Gasteiger charge is 2.48. The Hall–Kier alpha value is -4.29. The lowest BCUT2D eigenvalue weighted by atomic mass is 10.0. The van der Waals surface area contributed by atoms with E-state index < -0.39 is 67.2 Å². The van der Waals surface area contributed by atoms with Gasteiger partial charge in [-0.25, -0.2) is 0 Å². The SMILES string of the molecule is CC(=O)OC[C@H](OC(C)=O)[C@H](OC(C)=O)[C@H](OC(C)=O)[C@H](OC(C)=O)C(OCc1ccccc1)OCc1ccccc1. The maximum Gasteiger partial charge on any atom is 0.303 e. The summed E-state index contributed by atoms with van der Waals surface area (Å²) in [5, 5.41) is 0. The molecule has 0 N–H and O–H groups in total. The van der Waals surface area contributed by atoms with Crippen molar-refractivity contribution >= 4 is 29.8 Å². The monoisotopic (exact) mass is 588 g/mol. The summed E-state index contributed by atoms with van der Waals surface area (Å²) in [7, 11) is 0. The third kappa shape index (κ3) is 12.5. The predicted molar refractivity (Wildman–Crippen MR) is 145 cm³/mol. The molecule has 228 valence electrons. The highest BCUT2D eigenvalue weighted by atomic mass is 16.7. The second kappa shape index (κ2) is 17.5. The molecule has 42 heavy (non-hydrogen) atoms. The first-order chi connectivity index (χ1) is 20.0. The summed E-state index contributed by atoms with van der Waals surface area (Å²) < 4.78 is 39.1. The molecule has 0 radical (unpaired) electrons. The molecule has 0 aromatic heterocycles. The minimum Gasteiger partial charge on any atom is -0.462 e. The van der Waals surface area contributed by atoms with Crippen molar-refractivity contribution in [2.75, 3.05) is 6.61 Å². The van der Waals surface area contributed by atoms with E-state index in [1.54, 1.807) is 48.5 Å². The molecule has 0 aliphatic carbocycles. The lowest BCUT2D eigenvalue weighted by molar-refractivity contribution is -0.256. The molecule has 0 saturated heterocycles. The maximum atomic E-state index is 12.4. The van der Waals surface area contributed by atoms with Crippen molar-refractivity contribution in [1.29, 1.82) is 0 Å². The van der Waals surface area contributed by atoms with Crippen molar-refractivity contribution in [2.24, 2.45) is 0 Å². The van der Waals surface area contributed by atoms with E-state index in [1.807, 2.05) is 12.1 Å². The Morgan fingerprint density at radius 3 is 1.33 bits per heavy atom. The van der Waals surface area contributed by atoms with Gasteiger partial charge in [-0.15, -0.1) is 0 Å². The van der Waals surface area contributed by atoms with Gasteiger partial charge in [-0.05, 0) is 11.1 Å². The molecule has 2 aromatic carbocycles. The molecule has 0 fully saturated rings. The lowest BCUT2D eigenvalue weighted by Gasteiger charge is -2.38. The summed E-state index contributed by atoms with van der Waals surface area (Å²) in [4.78, 5) is 60.5. The first kappa shape index (κ1) is 33.9. The fourth-order valence-electron chi connectivity index (χ4n) is 3.88. The van der Waals surface area contributed by atoms with Crippen LogP contribution in [0.25, 0.3) is 0 Å². The van der Waals surface area contributed by atoms with Gasteiger partial charge < -0.3 is 33.2 Å². The van der Waals surface area contributed by atoms with Gasteiger partial charge in [0, 0.05) is 34.6 Å². The van der Waals surface area contributed by atoms with E-state index in [1.165, 1.54) is 0 Å². The molecular formula is C30H36O12. The van der Waals surface area contributed by atoms with Crippen LogP contribution >= 0.6 is 0 Å². The average Bonchev–Trinajstić information content (AvgIpc) is 2.92. The third-order valence-electron chi connectivity index (χ3n) is 5.47. The number of ether oxygens (including phenoxy) is 7. The second-order valence-corrected chi connectivity index (χ2v) is 9.13. The summed E-state index contributed by atoms with van der Waals surface area (Å²) in [6.07, 6.45) is -7.70. The van der Waals surface area contributed by atoms with Gasteiger partial charge in [-0.2, -0.15) is 0 Å². The van der Waals surface area contributed by atoms with Crippen molar-refractivity contribution in [3.05, 3.63) is 71.8 Å². The van der Waals surface area contributed by atoms with Crippen LogP contribution in [0.2, 0.25) is 0 Å². The highest BCUT2D eigenvalue weighted by Crippen LogP contribution is 2.25. The molecular weight excluding hydrogens is 552 g/mol. The van der Waals surface area contributed by atoms with Crippen LogP contribution in [0.15, 0.2) is 60.7 Å². The van der Waals surface area contributed by atoms with Gasteiger partial charge in [-0.3, -0.25) is 24.0 Å². The van der Waals surface area contributed by atoms with Crippen molar-refractivity contribution < 1.29 is 57.1 Å². The Kier molecular flexibility index (Phi) is 14.1. The van der Waals surface area contributed by atoms with E-state index in [4.69, 9.17) is 33.2 Å². The molecule has 2 aromatic rings. The number of carbonyl (C=O) groups excluding carboxylic acids is 5. The third-order valence-corrected chi connectivity index (χ3v) is 5.47. The number of hydrogen-bond acceptors (Lipinski definition) is 12. The Labute approximate surface area is 244 Å². The van der Waals surface area contributed by atoms with Crippen LogP contribution in [0.3, 0.4) is 0 Å². The molecule has 12 nitrogen and oxygen atoms in total. The fourth-order valence-corrected chi connectivity index (χ4v) is 3.88. The minimum absolute atomic E-state index is 0.0100. The van der Waals surface area contributed by atoms with Crippen LogP contribution in [0.1, 0.15) is 45.7 Å². The molecule has 0 spiro atoms. The Morgan fingerprint density at radius 1 is 0.524 bits per heavy atom. The first-order valence-corrected chi connectivity index (χ1v) is 13.1. The van der Waals surface area contributed by atoms with Crippen molar-refractivity contribution in [1.82, 2.24) is 0 Å². The molecule has 0 bridgehead atoms. The normalized spacial score (nSPS) is 13.7. The van der Waals surface area contributed by atoms with E-state index in [0.29, 0.717) is 0 Å². The Morgan fingerprint density at radius 2 is 0.929 bits per heavy atom. The molecule has 0 aliphatic rings. The summed E-state index contributed by atoms with van der Waals surface area (Å²) in [6.45, 7) is 4.90. The average molecular weight is 589 g/mol. The number of carbonyl (C=O) groups is 5. The molecule has 0 saturated carbocycles. The number of hydrogen-bond donors (Lipinski definition) is 0. The second-order valence-electron chi connectivity index (χ2n) is 9.13. The number of benzene rings is 2. The summed E-state index contributed by atoms with van der Waals surface area (Å²) in [5.74, 6) is -4.05. The van der Waals surface area contributed by atoms with E-state index >= 15 is 0 Å². The van der Waals surface area contributed by atoms with Gasteiger partial charge in [-0.1, -0.05) is 60.7 Å². The summed E-state index contributed by atoms with van der Waals surface area (Å²) in [6, 6.07) is 18.1. The van der Waals surface area contributed by atoms with Crippen molar-refractivity contribution in [3.63, 3.8) is 0 Å². The van der Waals surface area contributed by atoms with E-state index in [9.17, 15) is 24.0 Å². The van der Waals surface area contributed by atoms with Crippen LogP contribution < -0.4 is 0 Å². The van der Waals surface area contributed by atoms with E-state index in [0.717, 1.165) is 45.7 Å². The van der Waals surface area contributed by atoms with Crippen LogP contribution in [-0.2, 0) is 70.3 Å². The van der Waals surface area contributed by atoms with Crippen LogP contribution in [0.4, 0.5) is 0 Å². The first-order valence-electron chi connectivity index (χ1n) is 13.1. The van der Waals surface area contributed by atoms with Crippen LogP contribution in [0.5, 0.6) is 0 Å². The molecule has 0 heterocycles. The van der Waals surface area contributed by atoms with Crippen LogP contribution in [0, 0.1) is 0 Å². The Balaban J connectivity index is 2.60. The zero-order valence-electron chi connectivity index (χ0n) is 24.2. The van der Waals surface area contributed by atoms with E-state index in [-0.39, 0.29) is 13.2 Å². The van der Waals surface area contributed by atoms with Gasteiger partial charge >= 0.3 is 29.8 Å². The zero-order valence-corrected chi connectivity index (χ0v) is 24.2. The summed E-state index contributed by atoms with van der Waals surface area (Å²) in [5.41, 5.74) is 1.50. The standard InChI is InChI=1S/C30H36O12/c1-19(31)36-18-26(39-20(2)32)27(40-21(3)33)28(41-22(4)34)29(42-23(5)35)30(37-16-24-12-8-6-9-13-24)38-17-25-14-10-7-11-15-25/h6-15,26-30H,16-18H2,1-5H3/t26-,27-,28-,29-/m0/s1.